The molecule has 12 aromatic rings. The highest BCUT2D eigenvalue weighted by atomic mass is 32.1. The normalized spacial score (nSPS) is 12.2. The van der Waals surface area contributed by atoms with Crippen LogP contribution in [0.1, 0.15) is 0 Å². The lowest BCUT2D eigenvalue weighted by molar-refractivity contribution is 1.20. The molecule has 3 nitrogen and oxygen atoms in total. The van der Waals surface area contributed by atoms with Crippen LogP contribution in [0.3, 0.4) is 0 Å². The Kier molecular flexibility index (Phi) is 6.09. The van der Waals surface area contributed by atoms with E-state index < -0.39 is 0 Å². The molecule has 0 unspecified atom stereocenters. The predicted octanol–water partition coefficient (Wildman–Crippen LogP) is 13.9. The number of aromatic nitrogens is 3. The minimum absolute atomic E-state index is 0.746. The molecule has 0 fully saturated rings. The van der Waals surface area contributed by atoms with Crippen LogP contribution in [-0.4, -0.2) is 14.5 Å². The van der Waals surface area contributed by atoms with Crippen molar-refractivity contribution in [3.63, 3.8) is 0 Å². The SMILES string of the molecule is c1ccc2cc3c(cc2c1)c1ccccc1n3-c1ccc(-c2nc(-c3ccc4sc5ccccc5c4c3)nc3c2sc2ccccc23)c2ccccc12. The Bertz CT molecular complexity index is 3480. The van der Waals surface area contributed by atoms with Crippen molar-refractivity contribution < 1.29 is 0 Å². The van der Waals surface area contributed by atoms with Gasteiger partial charge in [0.2, 0.25) is 0 Å². The molecular weight excluding hydrogens is 683 g/mol. The van der Waals surface area contributed by atoms with E-state index in [0.717, 1.165) is 43.9 Å². The van der Waals surface area contributed by atoms with Gasteiger partial charge >= 0.3 is 0 Å². The number of nitrogens with zero attached hydrogens (tertiary/aromatic N) is 3. The molecule has 0 saturated carbocycles. The highest BCUT2D eigenvalue weighted by Gasteiger charge is 2.21. The van der Waals surface area contributed by atoms with E-state index in [-0.39, 0.29) is 0 Å². The summed E-state index contributed by atoms with van der Waals surface area (Å²) in [7, 11) is 0. The third-order valence-electron chi connectivity index (χ3n) is 10.8. The van der Waals surface area contributed by atoms with Crippen LogP contribution in [0.25, 0.3) is 112 Å². The number of hydrogen-bond acceptors (Lipinski definition) is 4. The van der Waals surface area contributed by atoms with Crippen LogP contribution in [0.2, 0.25) is 0 Å². The molecule has 0 bridgehead atoms. The first-order chi connectivity index (χ1) is 26.3. The van der Waals surface area contributed by atoms with E-state index in [0.29, 0.717) is 0 Å². The molecule has 5 heteroatoms. The molecule has 246 valence electrons. The second-order valence-electron chi connectivity index (χ2n) is 13.7. The quantitative estimate of drug-likeness (QED) is 0.183. The Morgan fingerprint density at radius 2 is 1.08 bits per heavy atom. The lowest BCUT2D eigenvalue weighted by Crippen LogP contribution is -1.98. The van der Waals surface area contributed by atoms with E-state index >= 15 is 0 Å². The molecular formula is C48H27N3S2. The monoisotopic (exact) mass is 709 g/mol. The number of fused-ring (bicyclic) bond motifs is 11. The van der Waals surface area contributed by atoms with Gasteiger partial charge in [-0.05, 0) is 70.8 Å². The van der Waals surface area contributed by atoms with Gasteiger partial charge in [0.25, 0.3) is 0 Å². The highest BCUT2D eigenvalue weighted by Crippen LogP contribution is 2.44. The van der Waals surface area contributed by atoms with Crippen molar-refractivity contribution in [1.29, 1.82) is 0 Å². The Balaban J connectivity index is 1.14. The van der Waals surface area contributed by atoms with E-state index in [1.54, 1.807) is 11.3 Å². The topological polar surface area (TPSA) is 30.7 Å². The van der Waals surface area contributed by atoms with Gasteiger partial charge in [-0.3, -0.25) is 0 Å². The third kappa shape index (κ3) is 4.26. The summed E-state index contributed by atoms with van der Waals surface area (Å²) in [5.41, 5.74) is 7.66. The van der Waals surface area contributed by atoms with Crippen LogP contribution < -0.4 is 0 Å². The van der Waals surface area contributed by atoms with Crippen LogP contribution >= 0.6 is 22.7 Å². The van der Waals surface area contributed by atoms with E-state index in [1.165, 1.54) is 68.2 Å². The first-order valence-electron chi connectivity index (χ1n) is 17.8. The zero-order valence-corrected chi connectivity index (χ0v) is 29.9. The van der Waals surface area contributed by atoms with Gasteiger partial charge in [0, 0.05) is 57.5 Å². The molecule has 0 spiro atoms. The largest absolute Gasteiger partial charge is 0.309 e. The van der Waals surface area contributed by atoms with E-state index in [1.807, 2.05) is 11.3 Å². The Morgan fingerprint density at radius 1 is 0.415 bits per heavy atom. The van der Waals surface area contributed by atoms with Crippen molar-refractivity contribution in [2.75, 3.05) is 0 Å². The number of para-hydroxylation sites is 1. The molecule has 0 aliphatic carbocycles. The van der Waals surface area contributed by atoms with Crippen molar-refractivity contribution in [3.8, 4) is 28.3 Å². The first-order valence-corrected chi connectivity index (χ1v) is 19.5. The minimum Gasteiger partial charge on any atom is -0.309 e. The van der Waals surface area contributed by atoms with Crippen molar-refractivity contribution in [3.05, 3.63) is 164 Å². The molecule has 4 heterocycles. The molecule has 0 aliphatic rings. The van der Waals surface area contributed by atoms with Gasteiger partial charge in [-0.15, -0.1) is 22.7 Å². The number of hydrogen-bond donors (Lipinski definition) is 0. The second-order valence-corrected chi connectivity index (χ2v) is 15.9. The maximum atomic E-state index is 5.48. The predicted molar refractivity (Wildman–Crippen MR) is 228 cm³/mol. The smallest absolute Gasteiger partial charge is 0.160 e. The third-order valence-corrected chi connectivity index (χ3v) is 13.1. The molecule has 0 saturated heterocycles. The van der Waals surface area contributed by atoms with Crippen molar-refractivity contribution >= 4 is 106 Å². The fourth-order valence-electron chi connectivity index (χ4n) is 8.37. The van der Waals surface area contributed by atoms with Gasteiger partial charge < -0.3 is 4.57 Å². The van der Waals surface area contributed by atoms with E-state index in [9.17, 15) is 0 Å². The fourth-order valence-corrected chi connectivity index (χ4v) is 10.6. The van der Waals surface area contributed by atoms with Gasteiger partial charge in [-0.25, -0.2) is 9.97 Å². The van der Waals surface area contributed by atoms with E-state index in [4.69, 9.17) is 9.97 Å². The highest BCUT2D eigenvalue weighted by molar-refractivity contribution is 7.26. The molecule has 0 amide bonds. The first kappa shape index (κ1) is 29.2. The molecule has 4 aromatic heterocycles. The molecule has 53 heavy (non-hydrogen) atoms. The Labute approximate surface area is 311 Å². The summed E-state index contributed by atoms with van der Waals surface area (Å²) in [4.78, 5) is 10.8. The van der Waals surface area contributed by atoms with Crippen molar-refractivity contribution in [2.45, 2.75) is 0 Å². The van der Waals surface area contributed by atoms with Crippen LogP contribution in [0.4, 0.5) is 0 Å². The van der Waals surface area contributed by atoms with Gasteiger partial charge in [-0.1, -0.05) is 109 Å². The summed E-state index contributed by atoms with van der Waals surface area (Å²) in [6, 6.07) is 59.5. The maximum Gasteiger partial charge on any atom is 0.160 e. The second kappa shape index (κ2) is 11.1. The summed E-state index contributed by atoms with van der Waals surface area (Å²) in [5, 5.41) is 11.0. The number of thiophene rings is 2. The zero-order chi connectivity index (χ0) is 34.6. The summed E-state index contributed by atoms with van der Waals surface area (Å²) < 4.78 is 7.34. The molecule has 0 aliphatic heterocycles. The minimum atomic E-state index is 0.746. The van der Waals surface area contributed by atoms with Crippen molar-refractivity contribution in [2.24, 2.45) is 0 Å². The van der Waals surface area contributed by atoms with Gasteiger partial charge in [0.15, 0.2) is 5.82 Å². The number of rotatable bonds is 3. The lowest BCUT2D eigenvalue weighted by atomic mass is 9.99. The number of benzene rings is 8. The molecule has 0 N–H and O–H groups in total. The van der Waals surface area contributed by atoms with Gasteiger partial charge in [0.05, 0.1) is 32.6 Å². The van der Waals surface area contributed by atoms with Gasteiger partial charge in [-0.2, -0.15) is 0 Å². The summed E-state index contributed by atoms with van der Waals surface area (Å²) in [6.07, 6.45) is 0. The fraction of sp³-hybridized carbons (Fsp3) is 0. The average Bonchev–Trinajstić information content (AvgIpc) is 3.88. The summed E-state index contributed by atoms with van der Waals surface area (Å²) in [6.45, 7) is 0. The van der Waals surface area contributed by atoms with Crippen LogP contribution in [0.15, 0.2) is 164 Å². The van der Waals surface area contributed by atoms with Crippen LogP contribution in [0, 0.1) is 0 Å². The molecule has 0 atom stereocenters. The Morgan fingerprint density at radius 3 is 1.92 bits per heavy atom. The van der Waals surface area contributed by atoms with Crippen LogP contribution in [-0.2, 0) is 0 Å². The average molecular weight is 710 g/mol. The maximum absolute atomic E-state index is 5.48. The van der Waals surface area contributed by atoms with E-state index in [2.05, 4.69) is 168 Å². The molecule has 8 aromatic carbocycles. The summed E-state index contributed by atoms with van der Waals surface area (Å²) >= 11 is 3.61. The van der Waals surface area contributed by atoms with Crippen molar-refractivity contribution in [1.82, 2.24) is 14.5 Å². The van der Waals surface area contributed by atoms with Crippen LogP contribution in [0.5, 0.6) is 0 Å². The molecule has 12 rings (SSSR count). The standard InChI is InChI=1S/C48H27N3S2/c1-2-12-29-27-41-37(25-28(29)11-1)33-15-5-8-18-39(33)51(41)40-23-22-35(31-13-3-4-14-32(31)40)45-47-46(36-17-7-10-20-43(36)53-47)50-48(49-45)30-21-24-44-38(26-30)34-16-6-9-19-42(34)52-44/h1-27H. The molecule has 0 radical (unpaired) electrons. The Hall–Kier alpha value is -6.40. The van der Waals surface area contributed by atoms with Gasteiger partial charge in [0.1, 0.15) is 0 Å². The lowest BCUT2D eigenvalue weighted by Gasteiger charge is -2.15. The summed E-state index contributed by atoms with van der Waals surface area (Å²) in [5.74, 6) is 0.746. The zero-order valence-electron chi connectivity index (χ0n) is 28.2.